The molecule has 0 saturated heterocycles. The van der Waals surface area contributed by atoms with Crippen LogP contribution in [-0.4, -0.2) is 50.2 Å². The Morgan fingerprint density at radius 2 is 1.86 bits per heavy atom. The van der Waals surface area contributed by atoms with E-state index in [4.69, 9.17) is 0 Å². The molecule has 14 heavy (non-hydrogen) atoms. The van der Waals surface area contributed by atoms with Gasteiger partial charge in [0.2, 0.25) is 0 Å². The molecule has 0 heterocycles. The first-order chi connectivity index (χ1) is 6.20. The largest absolute Gasteiger partial charge is 0.848 e. The number of ether oxygens (including phenoxy) is 1. The van der Waals surface area contributed by atoms with E-state index in [1.807, 2.05) is 21.1 Å². The normalized spacial score (nSPS) is 13.5. The molecule has 0 bridgehead atoms. The van der Waals surface area contributed by atoms with Gasteiger partial charge in [0.05, 0.1) is 27.7 Å². The van der Waals surface area contributed by atoms with Crippen LogP contribution < -0.4 is 5.11 Å². The predicted octanol–water partition coefficient (Wildman–Crippen LogP) is -1.10. The molecular weight excluding hydrogens is 186 g/mol. The molecule has 5 nitrogen and oxygen atoms in total. The number of quaternary nitrogens is 1. The van der Waals surface area contributed by atoms with Gasteiger partial charge in [0.1, 0.15) is 0 Å². The zero-order chi connectivity index (χ0) is 11.4. The van der Waals surface area contributed by atoms with Crippen LogP contribution in [0.25, 0.3) is 0 Å². The van der Waals surface area contributed by atoms with Crippen molar-refractivity contribution in [3.8, 4) is 0 Å². The van der Waals surface area contributed by atoms with Crippen molar-refractivity contribution in [2.24, 2.45) is 0 Å². The Hall–Kier alpha value is -0.940. The van der Waals surface area contributed by atoms with Gasteiger partial charge in [-0.15, -0.1) is 0 Å². The Bertz CT molecular complexity index is 219. The average molecular weight is 203 g/mol. The van der Waals surface area contributed by atoms with Crippen molar-refractivity contribution in [3.63, 3.8) is 0 Å². The van der Waals surface area contributed by atoms with E-state index in [1.165, 1.54) is 0 Å². The number of nitrogens with zero attached hydrogens (tertiary/aromatic N) is 1. The number of hydrogen-bond donors (Lipinski definition) is 0. The molecule has 0 N–H and O–H groups in total. The maximum Gasteiger partial charge on any atom is 0.312 e. The maximum absolute atomic E-state index is 11.3. The quantitative estimate of drug-likeness (QED) is 0.330. The summed E-state index contributed by atoms with van der Waals surface area (Å²) in [5, 5.41) is 11.3. The molecule has 5 heteroatoms. The van der Waals surface area contributed by atoms with Crippen LogP contribution in [-0.2, 0) is 14.3 Å². The minimum atomic E-state index is -1.03. The first kappa shape index (κ1) is 13.1. The summed E-state index contributed by atoms with van der Waals surface area (Å²) in [7, 11) is 5.59. The molecule has 0 fully saturated rings. The SMILES string of the molecule is CC(=O)OC(=O)C[C@@H]([O-])C[N+](C)(C)C. The van der Waals surface area contributed by atoms with E-state index >= 15 is 0 Å². The predicted molar refractivity (Wildman–Crippen MR) is 48.1 cm³/mol. The molecule has 0 unspecified atom stereocenters. The Balaban J connectivity index is 3.89. The number of carbonyl (C=O) groups excluding carboxylic acids is 2. The lowest BCUT2D eigenvalue weighted by atomic mass is 10.2. The fourth-order valence-corrected chi connectivity index (χ4v) is 1.06. The van der Waals surface area contributed by atoms with E-state index < -0.39 is 18.0 Å². The summed E-state index contributed by atoms with van der Waals surface area (Å²) in [4.78, 5) is 21.3. The summed E-state index contributed by atoms with van der Waals surface area (Å²) >= 11 is 0. The molecule has 0 spiro atoms. The summed E-state index contributed by atoms with van der Waals surface area (Å²) in [6.45, 7) is 1.46. The van der Waals surface area contributed by atoms with Gasteiger partial charge in [0.15, 0.2) is 0 Å². The zero-order valence-electron chi connectivity index (χ0n) is 9.07. The molecule has 0 aromatic rings. The highest BCUT2D eigenvalue weighted by atomic mass is 16.6. The van der Waals surface area contributed by atoms with Crippen LogP contribution >= 0.6 is 0 Å². The molecule has 0 aromatic heterocycles. The van der Waals surface area contributed by atoms with Crippen molar-refractivity contribution < 1.29 is 23.9 Å². The van der Waals surface area contributed by atoms with Gasteiger partial charge < -0.3 is 14.3 Å². The van der Waals surface area contributed by atoms with E-state index in [2.05, 4.69) is 4.74 Å². The minimum Gasteiger partial charge on any atom is -0.848 e. The van der Waals surface area contributed by atoms with Gasteiger partial charge in [-0.2, -0.15) is 0 Å². The molecule has 0 aliphatic rings. The molecule has 0 aliphatic heterocycles. The fourth-order valence-electron chi connectivity index (χ4n) is 1.06. The summed E-state index contributed by atoms with van der Waals surface area (Å²) < 4.78 is 4.74. The molecule has 0 rings (SSSR count). The molecule has 0 radical (unpaired) electrons. The molecule has 0 aliphatic carbocycles. The lowest BCUT2D eigenvalue weighted by molar-refractivity contribution is -0.880. The van der Waals surface area contributed by atoms with Crippen LogP contribution in [0.5, 0.6) is 0 Å². The molecule has 0 amide bonds. The monoisotopic (exact) mass is 203 g/mol. The van der Waals surface area contributed by atoms with Crippen LogP contribution in [0.4, 0.5) is 0 Å². The maximum atomic E-state index is 11.3. The topological polar surface area (TPSA) is 66.4 Å². The van der Waals surface area contributed by atoms with Gasteiger partial charge in [-0.3, -0.25) is 9.59 Å². The summed E-state index contributed by atoms with van der Waals surface area (Å²) in [5.41, 5.74) is 0. The van der Waals surface area contributed by atoms with Gasteiger partial charge in [-0.05, 0) is 0 Å². The van der Waals surface area contributed by atoms with Gasteiger partial charge in [-0.1, -0.05) is 6.10 Å². The van der Waals surface area contributed by atoms with E-state index in [-0.39, 0.29) is 6.42 Å². The van der Waals surface area contributed by atoms with Gasteiger partial charge >= 0.3 is 11.9 Å². The van der Waals surface area contributed by atoms with Gasteiger partial charge in [0, 0.05) is 13.3 Å². The standard InChI is InChI=1S/C9H17NO4/c1-7(11)14-9(13)5-8(12)6-10(2,3)4/h8H,5-6H2,1-4H3/t8-/m1/s1. The second-order valence-electron chi connectivity index (χ2n) is 4.26. The van der Waals surface area contributed by atoms with Crippen LogP contribution in [0.2, 0.25) is 0 Å². The Labute approximate surface area is 83.9 Å². The summed E-state index contributed by atoms with van der Waals surface area (Å²) in [5.74, 6) is -1.42. The third-order valence-corrected chi connectivity index (χ3v) is 1.40. The number of esters is 2. The molecule has 0 aromatic carbocycles. The lowest BCUT2D eigenvalue weighted by Crippen LogP contribution is -2.47. The van der Waals surface area contributed by atoms with Crippen LogP contribution in [0.1, 0.15) is 13.3 Å². The molecule has 0 saturated carbocycles. The highest BCUT2D eigenvalue weighted by molar-refractivity contribution is 5.84. The van der Waals surface area contributed by atoms with Crippen molar-refractivity contribution in [1.29, 1.82) is 0 Å². The molecular formula is C9H17NO4. The average Bonchev–Trinajstić information content (AvgIpc) is 1.77. The Morgan fingerprint density at radius 3 is 2.21 bits per heavy atom. The third-order valence-electron chi connectivity index (χ3n) is 1.40. The van der Waals surface area contributed by atoms with Crippen LogP contribution in [0.3, 0.4) is 0 Å². The fraction of sp³-hybridized carbons (Fsp3) is 0.778. The Morgan fingerprint density at radius 1 is 1.36 bits per heavy atom. The third kappa shape index (κ3) is 7.70. The minimum absolute atomic E-state index is 0.255. The molecule has 82 valence electrons. The van der Waals surface area contributed by atoms with E-state index in [0.717, 1.165) is 6.92 Å². The molecule has 1 atom stereocenters. The van der Waals surface area contributed by atoms with Crippen molar-refractivity contribution in [3.05, 3.63) is 0 Å². The number of hydrogen-bond acceptors (Lipinski definition) is 4. The Kier molecular flexibility index (Phi) is 4.73. The van der Waals surface area contributed by atoms with Crippen molar-refractivity contribution in [2.75, 3.05) is 27.7 Å². The highest BCUT2D eigenvalue weighted by Gasteiger charge is 2.14. The van der Waals surface area contributed by atoms with Gasteiger partial charge in [0.25, 0.3) is 0 Å². The zero-order valence-corrected chi connectivity index (χ0v) is 9.07. The lowest BCUT2D eigenvalue weighted by Gasteiger charge is -2.31. The number of likely N-dealkylation sites (N-methyl/N-ethyl adjacent to an activating group) is 1. The summed E-state index contributed by atoms with van der Waals surface area (Å²) in [6.07, 6.45) is -1.28. The second kappa shape index (κ2) is 5.07. The van der Waals surface area contributed by atoms with Crippen LogP contribution in [0.15, 0.2) is 0 Å². The van der Waals surface area contributed by atoms with Crippen LogP contribution in [0, 0.1) is 0 Å². The van der Waals surface area contributed by atoms with E-state index in [1.54, 1.807) is 0 Å². The van der Waals surface area contributed by atoms with Crippen molar-refractivity contribution >= 4 is 11.9 Å². The van der Waals surface area contributed by atoms with Crippen molar-refractivity contribution in [1.82, 2.24) is 0 Å². The first-order valence-electron chi connectivity index (χ1n) is 4.38. The first-order valence-corrected chi connectivity index (χ1v) is 4.38. The number of carbonyl (C=O) groups is 2. The number of rotatable bonds is 4. The van der Waals surface area contributed by atoms with Crippen molar-refractivity contribution in [2.45, 2.75) is 19.4 Å². The van der Waals surface area contributed by atoms with Gasteiger partial charge in [-0.25, -0.2) is 0 Å². The highest BCUT2D eigenvalue weighted by Crippen LogP contribution is 1.98. The summed E-state index contributed by atoms with van der Waals surface area (Å²) in [6, 6.07) is 0. The second-order valence-corrected chi connectivity index (χ2v) is 4.26. The van der Waals surface area contributed by atoms with E-state index in [9.17, 15) is 14.7 Å². The smallest absolute Gasteiger partial charge is 0.312 e. The van der Waals surface area contributed by atoms with E-state index in [0.29, 0.717) is 11.0 Å².